The van der Waals surface area contributed by atoms with Gasteiger partial charge in [-0.2, -0.15) is 10.1 Å². The van der Waals surface area contributed by atoms with Crippen LogP contribution in [0.5, 0.6) is 5.75 Å². The molecule has 5 heteroatoms. The smallest absolute Gasteiger partial charge is 0.280 e. The van der Waals surface area contributed by atoms with Crippen LogP contribution in [0.1, 0.15) is 23.6 Å². The molecule has 0 fully saturated rings. The van der Waals surface area contributed by atoms with Gasteiger partial charge in [-0.25, -0.2) is 0 Å². The third kappa shape index (κ3) is 4.29. The summed E-state index contributed by atoms with van der Waals surface area (Å²) < 4.78 is 5.85. The molecule has 0 spiro atoms. The van der Waals surface area contributed by atoms with Crippen LogP contribution in [0.25, 0.3) is 6.08 Å². The molecule has 4 rings (SSSR count). The molecule has 1 heterocycles. The number of hydrogen-bond donors (Lipinski definition) is 0. The van der Waals surface area contributed by atoms with Gasteiger partial charge in [-0.15, -0.1) is 0 Å². The number of ether oxygens (including phenoxy) is 1. The Morgan fingerprint density at radius 1 is 1.00 bits per heavy atom. The number of carbonyl (C=O) groups excluding carboxylic acids is 1. The van der Waals surface area contributed by atoms with Crippen LogP contribution in [0.4, 0.5) is 5.69 Å². The van der Waals surface area contributed by atoms with Crippen molar-refractivity contribution in [2.24, 2.45) is 5.10 Å². The monoisotopic (exact) mass is 416 g/mol. The van der Waals surface area contributed by atoms with Crippen LogP contribution < -0.4 is 9.75 Å². The van der Waals surface area contributed by atoms with Crippen LogP contribution >= 0.6 is 11.6 Å². The number of rotatable bonds is 5. The van der Waals surface area contributed by atoms with E-state index < -0.39 is 0 Å². The zero-order valence-electron chi connectivity index (χ0n) is 16.8. The maximum atomic E-state index is 12.8. The van der Waals surface area contributed by atoms with Gasteiger partial charge in [0.25, 0.3) is 5.91 Å². The SMILES string of the molecule is CC1=NN(c2ccccc2)C(=O)/C1=C/c1ccc(OCc2ccc(C)cc2)c(Cl)c1. The zero-order chi connectivity index (χ0) is 21.1. The fraction of sp³-hybridized carbons (Fsp3) is 0.120. The van der Waals surface area contributed by atoms with Gasteiger partial charge in [0.15, 0.2) is 0 Å². The molecule has 0 radical (unpaired) electrons. The van der Waals surface area contributed by atoms with Gasteiger partial charge >= 0.3 is 0 Å². The molecule has 3 aromatic carbocycles. The van der Waals surface area contributed by atoms with Gasteiger partial charge in [0.2, 0.25) is 0 Å². The molecule has 0 unspecified atom stereocenters. The second-order valence-corrected chi connectivity index (χ2v) is 7.57. The van der Waals surface area contributed by atoms with Gasteiger partial charge in [-0.3, -0.25) is 4.79 Å². The molecule has 0 saturated carbocycles. The van der Waals surface area contributed by atoms with E-state index in [9.17, 15) is 4.79 Å². The molecule has 3 aromatic rings. The molecule has 0 N–H and O–H groups in total. The second kappa shape index (κ2) is 8.56. The number of benzene rings is 3. The quantitative estimate of drug-likeness (QED) is 0.476. The highest BCUT2D eigenvalue weighted by molar-refractivity contribution is 6.33. The summed E-state index contributed by atoms with van der Waals surface area (Å²) in [5.41, 5.74) is 5.05. The number of halogens is 1. The Hall–Kier alpha value is -3.37. The highest BCUT2D eigenvalue weighted by atomic mass is 35.5. The van der Waals surface area contributed by atoms with Crippen molar-refractivity contribution in [3.8, 4) is 5.75 Å². The lowest BCUT2D eigenvalue weighted by Gasteiger charge is -2.11. The first-order chi connectivity index (χ1) is 14.5. The minimum Gasteiger partial charge on any atom is -0.487 e. The Morgan fingerprint density at radius 3 is 2.43 bits per heavy atom. The van der Waals surface area contributed by atoms with Crippen LogP contribution in [0, 0.1) is 6.92 Å². The highest BCUT2D eigenvalue weighted by Gasteiger charge is 2.28. The lowest BCUT2D eigenvalue weighted by molar-refractivity contribution is -0.114. The van der Waals surface area contributed by atoms with Gasteiger partial charge in [0.1, 0.15) is 12.4 Å². The molecule has 0 aromatic heterocycles. The molecule has 0 aliphatic carbocycles. The summed E-state index contributed by atoms with van der Waals surface area (Å²) in [6, 6.07) is 23.1. The van der Waals surface area contributed by atoms with E-state index in [1.807, 2.05) is 61.5 Å². The van der Waals surface area contributed by atoms with E-state index in [4.69, 9.17) is 16.3 Å². The number of amides is 1. The van der Waals surface area contributed by atoms with Crippen molar-refractivity contribution < 1.29 is 9.53 Å². The minimum atomic E-state index is -0.158. The van der Waals surface area contributed by atoms with E-state index in [-0.39, 0.29) is 5.91 Å². The predicted molar refractivity (Wildman–Crippen MR) is 122 cm³/mol. The maximum Gasteiger partial charge on any atom is 0.280 e. The third-order valence-corrected chi connectivity index (χ3v) is 5.14. The molecule has 0 bridgehead atoms. The Balaban J connectivity index is 1.50. The predicted octanol–water partition coefficient (Wildman–Crippen LogP) is 6.03. The second-order valence-electron chi connectivity index (χ2n) is 7.16. The number of hydrogen-bond acceptors (Lipinski definition) is 3. The number of para-hydroxylation sites is 1. The number of aryl methyl sites for hydroxylation is 1. The van der Waals surface area contributed by atoms with E-state index in [2.05, 4.69) is 24.2 Å². The van der Waals surface area contributed by atoms with E-state index >= 15 is 0 Å². The summed E-state index contributed by atoms with van der Waals surface area (Å²) >= 11 is 6.42. The fourth-order valence-corrected chi connectivity index (χ4v) is 3.41. The van der Waals surface area contributed by atoms with Crippen molar-refractivity contribution in [1.82, 2.24) is 0 Å². The molecule has 4 nitrogen and oxygen atoms in total. The first kappa shape index (κ1) is 19.9. The van der Waals surface area contributed by atoms with E-state index in [1.54, 1.807) is 12.1 Å². The Bertz CT molecular complexity index is 1140. The number of anilines is 1. The van der Waals surface area contributed by atoms with Crippen LogP contribution in [-0.2, 0) is 11.4 Å². The van der Waals surface area contributed by atoms with Crippen LogP contribution in [0.15, 0.2) is 83.5 Å². The summed E-state index contributed by atoms with van der Waals surface area (Å²) in [5.74, 6) is 0.447. The van der Waals surface area contributed by atoms with E-state index in [1.165, 1.54) is 10.6 Å². The zero-order valence-corrected chi connectivity index (χ0v) is 17.6. The van der Waals surface area contributed by atoms with Crippen LogP contribution in [0.3, 0.4) is 0 Å². The first-order valence-electron chi connectivity index (χ1n) is 9.66. The Morgan fingerprint density at radius 2 is 1.73 bits per heavy atom. The minimum absolute atomic E-state index is 0.158. The van der Waals surface area contributed by atoms with E-state index in [0.717, 1.165) is 16.8 Å². The van der Waals surface area contributed by atoms with Crippen molar-refractivity contribution in [3.05, 3.63) is 100 Å². The lowest BCUT2D eigenvalue weighted by Crippen LogP contribution is -2.21. The summed E-state index contributed by atoms with van der Waals surface area (Å²) in [6.45, 7) is 4.32. The molecule has 1 amide bonds. The van der Waals surface area contributed by atoms with Crippen molar-refractivity contribution in [2.45, 2.75) is 20.5 Å². The largest absolute Gasteiger partial charge is 0.487 e. The number of nitrogens with zero attached hydrogens (tertiary/aromatic N) is 2. The van der Waals surface area contributed by atoms with Gasteiger partial charge in [-0.05, 0) is 55.3 Å². The Kier molecular flexibility index (Phi) is 5.68. The van der Waals surface area contributed by atoms with Crippen molar-refractivity contribution in [2.75, 3.05) is 5.01 Å². The fourth-order valence-electron chi connectivity index (χ4n) is 3.16. The Labute approximate surface area is 181 Å². The van der Waals surface area contributed by atoms with Gasteiger partial charge in [0.05, 0.1) is 22.0 Å². The third-order valence-electron chi connectivity index (χ3n) is 4.85. The first-order valence-corrected chi connectivity index (χ1v) is 10.0. The molecule has 1 aliphatic rings. The molecular formula is C25H21ClN2O2. The summed E-state index contributed by atoms with van der Waals surface area (Å²) in [7, 11) is 0. The lowest BCUT2D eigenvalue weighted by atomic mass is 10.1. The number of hydrazone groups is 1. The normalized spacial score (nSPS) is 14.9. The van der Waals surface area contributed by atoms with Gasteiger partial charge < -0.3 is 4.74 Å². The molecule has 30 heavy (non-hydrogen) atoms. The molecule has 1 aliphatic heterocycles. The molecule has 0 atom stereocenters. The van der Waals surface area contributed by atoms with Gasteiger partial charge in [-0.1, -0.05) is 65.7 Å². The van der Waals surface area contributed by atoms with Crippen molar-refractivity contribution >= 4 is 35.0 Å². The van der Waals surface area contributed by atoms with E-state index in [0.29, 0.717) is 28.7 Å². The summed E-state index contributed by atoms with van der Waals surface area (Å²) in [5, 5.41) is 6.32. The van der Waals surface area contributed by atoms with Crippen LogP contribution in [0.2, 0.25) is 5.02 Å². The molecule has 0 saturated heterocycles. The van der Waals surface area contributed by atoms with Gasteiger partial charge in [0, 0.05) is 0 Å². The topological polar surface area (TPSA) is 41.9 Å². The van der Waals surface area contributed by atoms with Crippen molar-refractivity contribution in [1.29, 1.82) is 0 Å². The molecular weight excluding hydrogens is 396 g/mol. The maximum absolute atomic E-state index is 12.8. The average Bonchev–Trinajstić information content (AvgIpc) is 3.03. The average molecular weight is 417 g/mol. The highest BCUT2D eigenvalue weighted by Crippen LogP contribution is 2.29. The van der Waals surface area contributed by atoms with Crippen molar-refractivity contribution in [3.63, 3.8) is 0 Å². The van der Waals surface area contributed by atoms with Crippen LogP contribution in [-0.4, -0.2) is 11.6 Å². The number of carbonyl (C=O) groups is 1. The standard InChI is InChI=1S/C25H21ClN2O2/c1-17-8-10-19(11-9-17)16-30-24-13-12-20(15-23(24)26)14-22-18(2)27-28(25(22)29)21-6-4-3-5-7-21/h3-15H,16H2,1-2H3/b22-14+. The summed E-state index contributed by atoms with van der Waals surface area (Å²) in [6.07, 6.45) is 1.81. The summed E-state index contributed by atoms with van der Waals surface area (Å²) in [4.78, 5) is 12.8. The molecule has 150 valence electrons.